The first-order valence-corrected chi connectivity index (χ1v) is 25.0. The number of aliphatic hydroxyl groups is 1. The smallest absolute Gasteiger partial charge is 0.462 e. The predicted octanol–water partition coefficient (Wildman–Crippen LogP) is 11.2. The monoisotopic (exact) mass is 865 g/mol. The second kappa shape index (κ2) is 41.3. The van der Waals surface area contributed by atoms with Crippen molar-refractivity contribution in [1.82, 2.24) is 0 Å². The molecule has 2 unspecified atom stereocenters. The summed E-state index contributed by atoms with van der Waals surface area (Å²) in [6, 6.07) is 0. The van der Waals surface area contributed by atoms with Crippen molar-refractivity contribution in [1.29, 1.82) is 0 Å². The van der Waals surface area contributed by atoms with E-state index in [0.29, 0.717) is 32.1 Å². The van der Waals surface area contributed by atoms with Crippen molar-refractivity contribution in [3.63, 3.8) is 0 Å². The number of hydrogen-bond acceptors (Lipinski definition) is 12. The lowest BCUT2D eigenvalue weighted by Gasteiger charge is -2.22. The summed E-state index contributed by atoms with van der Waals surface area (Å²) in [5.41, 5.74) is 0. The van der Waals surface area contributed by atoms with Crippen LogP contribution in [0.2, 0.25) is 0 Å². The van der Waals surface area contributed by atoms with Gasteiger partial charge >= 0.3 is 31.7 Å². The SMILES string of the molecule is CCCCCCCCCCCCCC(=O)OC[C@H](COP(=O)(O)OCC(COC(=O)CCCCO)OC(=O)CCCCC)OC(=O)CCCCCCCCCCCCC. The molecular weight excluding hydrogens is 779 g/mol. The molecule has 13 nitrogen and oxygen atoms in total. The zero-order chi connectivity index (χ0) is 43.7. The number of phosphoric acid groups is 1. The first kappa shape index (κ1) is 57.0. The minimum absolute atomic E-state index is 0.0451. The van der Waals surface area contributed by atoms with Gasteiger partial charge in [0.25, 0.3) is 0 Å². The number of carbonyl (C=O) groups excluding carboxylic acids is 4. The third kappa shape index (κ3) is 39.8. The Hall–Kier alpha value is -2.05. The van der Waals surface area contributed by atoms with Gasteiger partial charge in [-0.05, 0) is 32.1 Å². The molecule has 0 heterocycles. The van der Waals surface area contributed by atoms with Gasteiger partial charge in [0.05, 0.1) is 13.2 Å². The van der Waals surface area contributed by atoms with E-state index in [4.69, 9.17) is 33.1 Å². The van der Waals surface area contributed by atoms with E-state index in [1.807, 2.05) is 6.92 Å². The zero-order valence-corrected chi connectivity index (χ0v) is 38.3. The van der Waals surface area contributed by atoms with Gasteiger partial charge in [-0.25, -0.2) is 4.57 Å². The van der Waals surface area contributed by atoms with Gasteiger partial charge in [0.15, 0.2) is 12.2 Å². The van der Waals surface area contributed by atoms with E-state index in [-0.39, 0.29) is 38.9 Å². The van der Waals surface area contributed by atoms with Crippen LogP contribution in [-0.2, 0) is 51.7 Å². The number of unbranched alkanes of at least 4 members (excludes halogenated alkanes) is 23. The van der Waals surface area contributed by atoms with Crippen molar-refractivity contribution in [2.24, 2.45) is 0 Å². The number of phosphoric ester groups is 1. The van der Waals surface area contributed by atoms with Crippen molar-refractivity contribution in [2.75, 3.05) is 33.0 Å². The van der Waals surface area contributed by atoms with E-state index >= 15 is 0 Å². The quantitative estimate of drug-likeness (QED) is 0.0256. The molecule has 0 rings (SSSR count). The molecule has 348 valence electrons. The van der Waals surface area contributed by atoms with Gasteiger partial charge in [0.2, 0.25) is 0 Å². The first-order chi connectivity index (χ1) is 28.6. The van der Waals surface area contributed by atoms with E-state index in [9.17, 15) is 28.6 Å². The molecule has 0 bridgehead atoms. The summed E-state index contributed by atoms with van der Waals surface area (Å²) >= 11 is 0. The second-order valence-corrected chi connectivity index (χ2v) is 17.3. The maximum Gasteiger partial charge on any atom is 0.472 e. The van der Waals surface area contributed by atoms with Crippen LogP contribution in [-0.4, -0.2) is 79.1 Å². The highest BCUT2D eigenvalue weighted by Gasteiger charge is 2.29. The van der Waals surface area contributed by atoms with Gasteiger partial charge in [-0.15, -0.1) is 0 Å². The molecular formula is C45H85O13P. The summed E-state index contributed by atoms with van der Waals surface area (Å²) in [7, 11) is -4.81. The Balaban J connectivity index is 5.09. The molecule has 0 aliphatic heterocycles. The maximum atomic E-state index is 13.0. The molecule has 0 saturated heterocycles. The maximum absolute atomic E-state index is 13.0. The van der Waals surface area contributed by atoms with Crippen LogP contribution in [0.5, 0.6) is 0 Å². The minimum Gasteiger partial charge on any atom is -0.462 e. The number of rotatable bonds is 44. The average Bonchev–Trinajstić information content (AvgIpc) is 3.21. The number of esters is 4. The Morgan fingerprint density at radius 2 is 0.678 bits per heavy atom. The Morgan fingerprint density at radius 1 is 0.407 bits per heavy atom. The largest absolute Gasteiger partial charge is 0.472 e. The van der Waals surface area contributed by atoms with Crippen LogP contribution in [0.25, 0.3) is 0 Å². The highest BCUT2D eigenvalue weighted by atomic mass is 31.2. The van der Waals surface area contributed by atoms with Crippen LogP contribution < -0.4 is 0 Å². The third-order valence-electron chi connectivity index (χ3n) is 10.0. The van der Waals surface area contributed by atoms with Crippen LogP contribution >= 0.6 is 7.82 Å². The van der Waals surface area contributed by atoms with E-state index in [1.165, 1.54) is 89.9 Å². The highest BCUT2D eigenvalue weighted by molar-refractivity contribution is 7.47. The van der Waals surface area contributed by atoms with Gasteiger partial charge in [0.1, 0.15) is 13.2 Å². The van der Waals surface area contributed by atoms with Crippen LogP contribution in [0.1, 0.15) is 220 Å². The normalized spacial score (nSPS) is 13.4. The number of ether oxygens (including phenoxy) is 4. The van der Waals surface area contributed by atoms with Crippen LogP contribution in [0, 0.1) is 0 Å². The standard InChI is InChI=1S/C45H85O13P/c1-4-7-10-12-14-16-18-20-22-24-27-31-42(47)53-36-41(58-45(50)34-28-25-23-21-19-17-15-13-11-8-5-2)39-56-59(51,52)55-38-40(57-44(49)33-26-9-6-3)37-54-43(48)32-29-30-35-46/h40-41,46H,4-39H2,1-3H3,(H,51,52)/t40?,41-/m1/s1. The van der Waals surface area contributed by atoms with Gasteiger partial charge in [0, 0.05) is 32.3 Å². The molecule has 3 atom stereocenters. The molecule has 2 N–H and O–H groups in total. The summed E-state index contributed by atoms with van der Waals surface area (Å²) in [5, 5.41) is 8.96. The van der Waals surface area contributed by atoms with Crippen LogP contribution in [0.15, 0.2) is 0 Å². The molecule has 59 heavy (non-hydrogen) atoms. The van der Waals surface area contributed by atoms with Crippen LogP contribution in [0.4, 0.5) is 0 Å². The molecule has 0 aromatic heterocycles. The fourth-order valence-electron chi connectivity index (χ4n) is 6.40. The van der Waals surface area contributed by atoms with Crippen LogP contribution in [0.3, 0.4) is 0 Å². The zero-order valence-electron chi connectivity index (χ0n) is 37.4. The third-order valence-corrected chi connectivity index (χ3v) is 11.0. The highest BCUT2D eigenvalue weighted by Crippen LogP contribution is 2.43. The summed E-state index contributed by atoms with van der Waals surface area (Å²) in [6.45, 7) is 4.39. The summed E-state index contributed by atoms with van der Waals surface area (Å²) in [4.78, 5) is 60.5. The van der Waals surface area contributed by atoms with E-state index in [2.05, 4.69) is 13.8 Å². The molecule has 0 aromatic rings. The Labute approximate surface area is 357 Å². The summed E-state index contributed by atoms with van der Waals surface area (Å²) in [5.74, 6) is -2.13. The van der Waals surface area contributed by atoms with Gasteiger partial charge < -0.3 is 28.9 Å². The lowest BCUT2D eigenvalue weighted by molar-refractivity contribution is -0.162. The fourth-order valence-corrected chi connectivity index (χ4v) is 7.18. The lowest BCUT2D eigenvalue weighted by atomic mass is 10.1. The summed E-state index contributed by atoms with van der Waals surface area (Å²) in [6.07, 6.45) is 26.4. The molecule has 0 amide bonds. The lowest BCUT2D eigenvalue weighted by Crippen LogP contribution is -2.31. The van der Waals surface area contributed by atoms with Crippen molar-refractivity contribution in [2.45, 2.75) is 232 Å². The second-order valence-electron chi connectivity index (χ2n) is 15.9. The van der Waals surface area contributed by atoms with Crippen molar-refractivity contribution >= 4 is 31.7 Å². The van der Waals surface area contributed by atoms with Crippen molar-refractivity contribution < 1.29 is 61.7 Å². The van der Waals surface area contributed by atoms with E-state index < -0.39 is 63.7 Å². The topological polar surface area (TPSA) is 181 Å². The average molecular weight is 865 g/mol. The van der Waals surface area contributed by atoms with E-state index in [0.717, 1.165) is 51.4 Å². The summed E-state index contributed by atoms with van der Waals surface area (Å²) < 4.78 is 44.8. The fraction of sp³-hybridized carbons (Fsp3) is 0.911. The number of carbonyl (C=O) groups is 4. The Morgan fingerprint density at radius 3 is 1.02 bits per heavy atom. The van der Waals surface area contributed by atoms with Gasteiger partial charge in [-0.2, -0.15) is 0 Å². The number of aliphatic hydroxyl groups excluding tert-OH is 1. The predicted molar refractivity (Wildman–Crippen MR) is 231 cm³/mol. The van der Waals surface area contributed by atoms with Crippen molar-refractivity contribution in [3.05, 3.63) is 0 Å². The van der Waals surface area contributed by atoms with Gasteiger partial charge in [-0.1, -0.05) is 162 Å². The number of hydrogen-bond donors (Lipinski definition) is 2. The molecule has 0 aliphatic carbocycles. The minimum atomic E-state index is -4.81. The first-order valence-electron chi connectivity index (χ1n) is 23.5. The molecule has 0 spiro atoms. The van der Waals surface area contributed by atoms with Crippen molar-refractivity contribution in [3.8, 4) is 0 Å². The Kier molecular flexibility index (Phi) is 39.9. The molecule has 0 fully saturated rings. The molecule has 0 saturated carbocycles. The molecule has 0 aliphatic rings. The van der Waals surface area contributed by atoms with E-state index in [1.54, 1.807) is 0 Å². The molecule has 0 radical (unpaired) electrons. The molecule has 14 heteroatoms. The van der Waals surface area contributed by atoms with Gasteiger partial charge in [-0.3, -0.25) is 28.2 Å². The Bertz CT molecular complexity index is 1070. The molecule has 0 aromatic carbocycles.